The summed E-state index contributed by atoms with van der Waals surface area (Å²) in [6.45, 7) is 1.95. The maximum atomic E-state index is 12.9. The Bertz CT molecular complexity index is 1140. The summed E-state index contributed by atoms with van der Waals surface area (Å²) >= 11 is 0. The molecule has 0 aliphatic carbocycles. The zero-order chi connectivity index (χ0) is 19.5. The largest absolute Gasteiger partial charge is 0.495 e. The number of methoxy groups -OCH3 is 1. The number of pyridine rings is 3. The fourth-order valence-corrected chi connectivity index (χ4v) is 2.73. The minimum atomic E-state index is -0.122. The Morgan fingerprint density at radius 1 is 1.07 bits per heavy atom. The highest BCUT2D eigenvalue weighted by atomic mass is 16.5. The Morgan fingerprint density at radius 3 is 2.71 bits per heavy atom. The highest BCUT2D eigenvalue weighted by molar-refractivity contribution is 6.02. The molecule has 0 spiro atoms. The van der Waals surface area contributed by atoms with Crippen molar-refractivity contribution in [3.63, 3.8) is 0 Å². The number of aryl methyl sites for hydroxylation is 1. The fraction of sp³-hybridized carbons (Fsp3) is 0.150. The molecule has 0 amide bonds. The molecule has 0 fully saturated rings. The first-order valence-electron chi connectivity index (χ1n) is 8.57. The van der Waals surface area contributed by atoms with Crippen LogP contribution in [0.5, 0.6) is 17.2 Å². The van der Waals surface area contributed by atoms with Gasteiger partial charge >= 0.3 is 0 Å². The number of nitrogens with zero attached hydrogens (tertiary/aromatic N) is 5. The average molecular weight is 375 g/mol. The molecular formula is C20H17N5O3. The minimum absolute atomic E-state index is 0.122. The van der Waals surface area contributed by atoms with E-state index in [1.165, 1.54) is 10.8 Å². The van der Waals surface area contributed by atoms with Crippen molar-refractivity contribution in [1.29, 1.82) is 0 Å². The van der Waals surface area contributed by atoms with Crippen LogP contribution in [0.2, 0.25) is 0 Å². The Hall–Kier alpha value is -3.81. The normalized spacial score (nSPS) is 10.8. The molecule has 28 heavy (non-hydrogen) atoms. The second-order valence-electron chi connectivity index (χ2n) is 6.21. The number of fused-ring (bicyclic) bond motifs is 1. The lowest BCUT2D eigenvalue weighted by molar-refractivity contribution is 0.0992. The Kier molecular flexibility index (Phi) is 4.67. The third kappa shape index (κ3) is 3.66. The van der Waals surface area contributed by atoms with E-state index in [9.17, 15) is 4.79 Å². The van der Waals surface area contributed by atoms with E-state index in [1.807, 2.05) is 19.1 Å². The summed E-state index contributed by atoms with van der Waals surface area (Å²) < 4.78 is 12.5. The summed E-state index contributed by atoms with van der Waals surface area (Å²) in [5, 5.41) is 4.13. The molecule has 0 aliphatic rings. The third-order valence-electron chi connectivity index (χ3n) is 4.12. The van der Waals surface area contributed by atoms with Gasteiger partial charge in [-0.05, 0) is 24.6 Å². The number of ether oxygens (including phenoxy) is 2. The molecule has 4 rings (SSSR count). The van der Waals surface area contributed by atoms with Crippen LogP contribution < -0.4 is 9.47 Å². The summed E-state index contributed by atoms with van der Waals surface area (Å²) in [5.41, 5.74) is 2.61. The number of ketones is 1. The van der Waals surface area contributed by atoms with Gasteiger partial charge in [-0.2, -0.15) is 5.10 Å². The number of hydrogen-bond donors (Lipinski definition) is 0. The lowest BCUT2D eigenvalue weighted by Crippen LogP contribution is -2.08. The molecular weight excluding hydrogens is 358 g/mol. The van der Waals surface area contributed by atoms with E-state index in [-0.39, 0.29) is 12.2 Å². The van der Waals surface area contributed by atoms with Crippen LogP contribution in [0.15, 0.2) is 55.4 Å². The molecule has 0 N–H and O–H groups in total. The van der Waals surface area contributed by atoms with Crippen molar-refractivity contribution < 1.29 is 14.3 Å². The summed E-state index contributed by atoms with van der Waals surface area (Å²) in [6.07, 6.45) is 8.09. The number of aromatic nitrogens is 5. The zero-order valence-corrected chi connectivity index (χ0v) is 15.4. The van der Waals surface area contributed by atoms with Crippen molar-refractivity contribution in [2.24, 2.45) is 0 Å². The van der Waals surface area contributed by atoms with Crippen molar-refractivity contribution in [2.75, 3.05) is 7.11 Å². The SMILES string of the molecule is COc1cncc(Oc2cc(C(=O)Cc3ccc(C)cn3)c3ncnn3c2)c1. The highest BCUT2D eigenvalue weighted by Crippen LogP contribution is 2.26. The van der Waals surface area contributed by atoms with Crippen molar-refractivity contribution >= 4 is 11.4 Å². The average Bonchev–Trinajstić information content (AvgIpc) is 3.18. The fourth-order valence-electron chi connectivity index (χ4n) is 2.73. The van der Waals surface area contributed by atoms with E-state index < -0.39 is 0 Å². The van der Waals surface area contributed by atoms with Gasteiger partial charge in [-0.1, -0.05) is 6.07 Å². The first kappa shape index (κ1) is 17.6. The van der Waals surface area contributed by atoms with Crippen LogP contribution in [0.4, 0.5) is 0 Å². The van der Waals surface area contributed by atoms with E-state index in [2.05, 4.69) is 20.1 Å². The zero-order valence-electron chi connectivity index (χ0n) is 15.4. The summed E-state index contributed by atoms with van der Waals surface area (Å²) in [5.74, 6) is 1.37. The topological polar surface area (TPSA) is 91.5 Å². The van der Waals surface area contributed by atoms with Crippen molar-refractivity contribution in [2.45, 2.75) is 13.3 Å². The van der Waals surface area contributed by atoms with Crippen LogP contribution in [0.3, 0.4) is 0 Å². The molecule has 0 saturated carbocycles. The smallest absolute Gasteiger partial charge is 0.172 e. The van der Waals surface area contributed by atoms with Gasteiger partial charge in [0, 0.05) is 18.0 Å². The molecule has 140 valence electrons. The monoisotopic (exact) mass is 375 g/mol. The molecule has 0 radical (unpaired) electrons. The van der Waals surface area contributed by atoms with E-state index in [0.717, 1.165) is 5.56 Å². The van der Waals surface area contributed by atoms with Gasteiger partial charge in [0.15, 0.2) is 11.4 Å². The van der Waals surface area contributed by atoms with Gasteiger partial charge in [0.1, 0.15) is 23.6 Å². The highest BCUT2D eigenvalue weighted by Gasteiger charge is 2.16. The van der Waals surface area contributed by atoms with Gasteiger partial charge in [-0.15, -0.1) is 0 Å². The Morgan fingerprint density at radius 2 is 1.93 bits per heavy atom. The lowest BCUT2D eigenvalue weighted by Gasteiger charge is -2.09. The predicted octanol–water partition coefficient (Wildman–Crippen LogP) is 3.05. The number of Topliss-reactive ketones (excluding diaryl/α,β-unsaturated/α-hetero) is 1. The van der Waals surface area contributed by atoms with Gasteiger partial charge < -0.3 is 9.47 Å². The number of carbonyl (C=O) groups is 1. The maximum absolute atomic E-state index is 12.9. The third-order valence-corrected chi connectivity index (χ3v) is 4.12. The van der Waals surface area contributed by atoms with Crippen LogP contribution in [-0.2, 0) is 6.42 Å². The van der Waals surface area contributed by atoms with E-state index in [1.54, 1.807) is 44.0 Å². The predicted molar refractivity (Wildman–Crippen MR) is 101 cm³/mol. The molecule has 4 aromatic rings. The molecule has 0 bridgehead atoms. The molecule has 8 nitrogen and oxygen atoms in total. The van der Waals surface area contributed by atoms with Crippen molar-refractivity contribution in [3.05, 3.63) is 72.2 Å². The standard InChI is InChI=1S/C20H17N5O3/c1-13-3-4-14(22-8-13)5-19(26)18-7-17(11-25-20(18)23-12-24-25)28-16-6-15(27-2)9-21-10-16/h3-4,6-12H,5H2,1-2H3. The quantitative estimate of drug-likeness (QED) is 0.478. The second-order valence-corrected chi connectivity index (χ2v) is 6.21. The molecule has 4 heterocycles. The second kappa shape index (κ2) is 7.43. The van der Waals surface area contributed by atoms with Gasteiger partial charge in [-0.3, -0.25) is 14.8 Å². The van der Waals surface area contributed by atoms with E-state index >= 15 is 0 Å². The van der Waals surface area contributed by atoms with Crippen LogP contribution >= 0.6 is 0 Å². The number of hydrogen-bond acceptors (Lipinski definition) is 7. The first-order chi connectivity index (χ1) is 13.6. The van der Waals surface area contributed by atoms with Crippen LogP contribution in [0.25, 0.3) is 5.65 Å². The lowest BCUT2D eigenvalue weighted by atomic mass is 10.1. The molecule has 0 aromatic carbocycles. The van der Waals surface area contributed by atoms with Crippen LogP contribution in [0, 0.1) is 6.92 Å². The molecule has 8 heteroatoms. The molecule has 0 saturated heterocycles. The Balaban J connectivity index is 1.66. The van der Waals surface area contributed by atoms with Gasteiger partial charge in [0.2, 0.25) is 0 Å². The van der Waals surface area contributed by atoms with Gasteiger partial charge in [0.05, 0.1) is 37.7 Å². The Labute approximate surface area is 160 Å². The first-order valence-corrected chi connectivity index (χ1v) is 8.57. The molecule has 4 aromatic heterocycles. The van der Waals surface area contributed by atoms with E-state index in [0.29, 0.717) is 34.2 Å². The number of carbonyl (C=O) groups excluding carboxylic acids is 1. The summed E-state index contributed by atoms with van der Waals surface area (Å²) in [7, 11) is 1.55. The van der Waals surface area contributed by atoms with Crippen LogP contribution in [0.1, 0.15) is 21.6 Å². The van der Waals surface area contributed by atoms with Crippen molar-refractivity contribution in [3.8, 4) is 17.2 Å². The van der Waals surface area contributed by atoms with E-state index in [4.69, 9.17) is 9.47 Å². The van der Waals surface area contributed by atoms with Gasteiger partial charge in [0.25, 0.3) is 0 Å². The molecule has 0 aliphatic heterocycles. The molecule has 0 atom stereocenters. The molecule has 0 unspecified atom stereocenters. The maximum Gasteiger partial charge on any atom is 0.172 e. The van der Waals surface area contributed by atoms with Crippen LogP contribution in [-0.4, -0.2) is 37.5 Å². The minimum Gasteiger partial charge on any atom is -0.495 e. The van der Waals surface area contributed by atoms with Gasteiger partial charge in [-0.25, -0.2) is 9.50 Å². The van der Waals surface area contributed by atoms with Crippen molar-refractivity contribution in [1.82, 2.24) is 24.6 Å². The summed E-state index contributed by atoms with van der Waals surface area (Å²) in [4.78, 5) is 25.5. The summed E-state index contributed by atoms with van der Waals surface area (Å²) in [6, 6.07) is 7.13. The number of rotatable bonds is 6.